The topological polar surface area (TPSA) is 46.3 Å². The Kier molecular flexibility index (Phi) is 1.40. The number of furan rings is 1. The lowest BCUT2D eigenvalue weighted by molar-refractivity contribution is 0.458. The molecule has 56 valence electrons. The van der Waals surface area contributed by atoms with Crippen molar-refractivity contribution in [3.8, 4) is 16.5 Å². The number of aromatic nitrogens is 1. The van der Waals surface area contributed by atoms with Crippen molar-refractivity contribution >= 4 is 11.3 Å². The molecule has 1 N–H and O–H groups in total. The van der Waals surface area contributed by atoms with Gasteiger partial charge in [-0.15, -0.1) is 11.3 Å². The van der Waals surface area contributed by atoms with E-state index in [1.54, 1.807) is 24.0 Å². The van der Waals surface area contributed by atoms with Crippen LogP contribution in [0.1, 0.15) is 0 Å². The van der Waals surface area contributed by atoms with Crippen LogP contribution in [-0.2, 0) is 0 Å². The first-order chi connectivity index (χ1) is 5.36. The zero-order valence-electron chi connectivity index (χ0n) is 5.52. The summed E-state index contributed by atoms with van der Waals surface area (Å²) in [5.74, 6) is 0.0613. The van der Waals surface area contributed by atoms with Crippen molar-refractivity contribution in [2.24, 2.45) is 0 Å². The molecular formula is C7H5NO2S. The van der Waals surface area contributed by atoms with Crippen molar-refractivity contribution in [3.63, 3.8) is 0 Å². The van der Waals surface area contributed by atoms with E-state index >= 15 is 0 Å². The highest BCUT2D eigenvalue weighted by molar-refractivity contribution is 7.13. The molecule has 4 heteroatoms. The summed E-state index contributed by atoms with van der Waals surface area (Å²) in [7, 11) is 0. The molecule has 0 aliphatic rings. The van der Waals surface area contributed by atoms with Crippen molar-refractivity contribution in [2.75, 3.05) is 0 Å². The summed E-state index contributed by atoms with van der Waals surface area (Å²) >= 11 is 1.39. The smallest absolute Gasteiger partial charge is 0.222 e. The Morgan fingerprint density at radius 3 is 3.00 bits per heavy atom. The molecule has 0 aliphatic heterocycles. The summed E-state index contributed by atoms with van der Waals surface area (Å²) in [6, 6.07) is 1.80. The molecule has 3 nitrogen and oxygen atoms in total. The van der Waals surface area contributed by atoms with E-state index in [1.165, 1.54) is 11.3 Å². The van der Waals surface area contributed by atoms with Gasteiger partial charge in [0.05, 0.1) is 11.6 Å². The van der Waals surface area contributed by atoms with Gasteiger partial charge in [-0.25, -0.2) is 4.98 Å². The van der Waals surface area contributed by atoms with Gasteiger partial charge in [0.1, 0.15) is 11.3 Å². The number of thiazole rings is 1. The minimum atomic E-state index is 0.0613. The molecule has 2 heterocycles. The zero-order chi connectivity index (χ0) is 7.68. The Hall–Kier alpha value is -1.29. The molecule has 0 saturated heterocycles. The third-order valence-corrected chi connectivity index (χ3v) is 2.14. The van der Waals surface area contributed by atoms with Gasteiger partial charge in [0.25, 0.3) is 0 Å². The maximum absolute atomic E-state index is 8.92. The molecule has 0 spiro atoms. The Balaban J connectivity index is 2.45. The lowest BCUT2D eigenvalue weighted by Gasteiger charge is -1.83. The fourth-order valence-electron chi connectivity index (χ4n) is 0.784. The van der Waals surface area contributed by atoms with Gasteiger partial charge >= 0.3 is 0 Å². The second kappa shape index (κ2) is 2.39. The van der Waals surface area contributed by atoms with Crippen molar-refractivity contribution in [1.82, 2.24) is 4.98 Å². The zero-order valence-corrected chi connectivity index (χ0v) is 6.34. The first-order valence-electron chi connectivity index (χ1n) is 3.03. The highest BCUT2D eigenvalue weighted by Gasteiger charge is 2.03. The molecule has 0 amide bonds. The van der Waals surface area contributed by atoms with Gasteiger partial charge in [-0.1, -0.05) is 0 Å². The van der Waals surface area contributed by atoms with Crippen molar-refractivity contribution in [1.29, 1.82) is 0 Å². The Bertz CT molecular complexity index is 339. The van der Waals surface area contributed by atoms with E-state index < -0.39 is 0 Å². The van der Waals surface area contributed by atoms with E-state index in [1.807, 2.05) is 0 Å². The molecule has 2 aromatic heterocycles. The van der Waals surface area contributed by atoms with E-state index in [-0.39, 0.29) is 5.88 Å². The average molecular weight is 167 g/mol. The van der Waals surface area contributed by atoms with Crippen LogP contribution in [0.15, 0.2) is 28.4 Å². The van der Waals surface area contributed by atoms with E-state index in [2.05, 4.69) is 4.98 Å². The molecule has 0 aromatic carbocycles. The Labute approximate surface area is 66.9 Å². The van der Waals surface area contributed by atoms with Gasteiger partial charge in [0, 0.05) is 5.56 Å². The van der Waals surface area contributed by atoms with E-state index in [4.69, 9.17) is 9.52 Å². The van der Waals surface area contributed by atoms with Crippen LogP contribution < -0.4 is 0 Å². The molecule has 0 radical (unpaired) electrons. The number of rotatable bonds is 1. The van der Waals surface area contributed by atoms with Gasteiger partial charge < -0.3 is 9.52 Å². The molecule has 0 fully saturated rings. The number of hydrogen-bond acceptors (Lipinski definition) is 4. The van der Waals surface area contributed by atoms with Crippen LogP contribution in [0.4, 0.5) is 0 Å². The second-order valence-electron chi connectivity index (χ2n) is 2.02. The quantitative estimate of drug-likeness (QED) is 0.707. The lowest BCUT2D eigenvalue weighted by atomic mass is 10.4. The highest BCUT2D eigenvalue weighted by atomic mass is 32.1. The summed E-state index contributed by atoms with van der Waals surface area (Å²) in [4.78, 5) is 3.87. The first-order valence-corrected chi connectivity index (χ1v) is 3.91. The van der Waals surface area contributed by atoms with E-state index in [0.717, 1.165) is 10.6 Å². The summed E-state index contributed by atoms with van der Waals surface area (Å²) in [5, 5.41) is 11.3. The molecule has 0 atom stereocenters. The molecule has 0 unspecified atom stereocenters. The van der Waals surface area contributed by atoms with Crippen molar-refractivity contribution in [2.45, 2.75) is 0 Å². The largest absolute Gasteiger partial charge is 0.493 e. The predicted octanol–water partition coefficient (Wildman–Crippen LogP) is 2.11. The summed E-state index contributed by atoms with van der Waals surface area (Å²) < 4.78 is 4.86. The highest BCUT2D eigenvalue weighted by Crippen LogP contribution is 2.25. The number of aromatic hydroxyl groups is 1. The van der Waals surface area contributed by atoms with Gasteiger partial charge in [0.15, 0.2) is 0 Å². The van der Waals surface area contributed by atoms with Crippen molar-refractivity contribution in [3.05, 3.63) is 24.0 Å². The maximum atomic E-state index is 8.92. The normalized spacial score (nSPS) is 10.2. The van der Waals surface area contributed by atoms with Gasteiger partial charge in [0.2, 0.25) is 5.88 Å². The van der Waals surface area contributed by atoms with E-state index in [9.17, 15) is 0 Å². The first kappa shape index (κ1) is 6.42. The molecule has 0 aliphatic carbocycles. The van der Waals surface area contributed by atoms with Crippen LogP contribution in [0.3, 0.4) is 0 Å². The van der Waals surface area contributed by atoms with Crippen LogP contribution in [0.2, 0.25) is 0 Å². The molecule has 0 saturated carbocycles. The van der Waals surface area contributed by atoms with Gasteiger partial charge in [-0.2, -0.15) is 0 Å². The predicted molar refractivity (Wildman–Crippen MR) is 41.5 cm³/mol. The SMILES string of the molecule is Oc1csc(-c2ccoc2)n1. The summed E-state index contributed by atoms with van der Waals surface area (Å²) in [5.41, 5.74) is 0.898. The van der Waals surface area contributed by atoms with Crippen LogP contribution in [0.5, 0.6) is 5.88 Å². The fourth-order valence-corrected chi connectivity index (χ4v) is 1.45. The van der Waals surface area contributed by atoms with Gasteiger partial charge in [-0.05, 0) is 6.07 Å². The fraction of sp³-hybridized carbons (Fsp3) is 0. The molecular weight excluding hydrogens is 162 g/mol. The minimum absolute atomic E-state index is 0.0613. The van der Waals surface area contributed by atoms with Crippen LogP contribution in [0.25, 0.3) is 10.6 Å². The molecule has 11 heavy (non-hydrogen) atoms. The maximum Gasteiger partial charge on any atom is 0.222 e. The third kappa shape index (κ3) is 1.12. The minimum Gasteiger partial charge on any atom is -0.493 e. The molecule has 2 rings (SSSR count). The van der Waals surface area contributed by atoms with Crippen LogP contribution in [-0.4, -0.2) is 10.1 Å². The average Bonchev–Trinajstić information content (AvgIpc) is 2.55. The van der Waals surface area contributed by atoms with Crippen LogP contribution in [0, 0.1) is 0 Å². The monoisotopic (exact) mass is 167 g/mol. The molecule has 0 bridgehead atoms. The third-order valence-electron chi connectivity index (χ3n) is 1.26. The second-order valence-corrected chi connectivity index (χ2v) is 2.88. The Morgan fingerprint density at radius 2 is 2.45 bits per heavy atom. The van der Waals surface area contributed by atoms with Gasteiger partial charge in [-0.3, -0.25) is 0 Å². The van der Waals surface area contributed by atoms with E-state index in [0.29, 0.717) is 0 Å². The Morgan fingerprint density at radius 1 is 1.55 bits per heavy atom. The summed E-state index contributed by atoms with van der Waals surface area (Å²) in [6.07, 6.45) is 3.17. The number of hydrogen-bond donors (Lipinski definition) is 1. The lowest BCUT2D eigenvalue weighted by Crippen LogP contribution is -1.67. The van der Waals surface area contributed by atoms with Crippen LogP contribution >= 0.6 is 11.3 Å². The molecule has 2 aromatic rings. The summed E-state index contributed by atoms with van der Waals surface area (Å²) in [6.45, 7) is 0. The van der Waals surface area contributed by atoms with Crippen molar-refractivity contribution < 1.29 is 9.52 Å². The number of nitrogens with zero attached hydrogens (tertiary/aromatic N) is 1. The standard InChI is InChI=1S/C7H5NO2S/c9-6-4-11-7(8-6)5-1-2-10-3-5/h1-4,9H.